The van der Waals surface area contributed by atoms with Crippen molar-refractivity contribution in [3.63, 3.8) is 0 Å². The number of hydrogen-bond donors (Lipinski definition) is 1. The first-order chi connectivity index (χ1) is 7.16. The van der Waals surface area contributed by atoms with Gasteiger partial charge in [-0.2, -0.15) is 0 Å². The molecular weight excluding hydrogens is 192 g/mol. The number of amides is 1. The van der Waals surface area contributed by atoms with Crippen LogP contribution in [0.25, 0.3) is 0 Å². The molecule has 1 saturated heterocycles. The molecule has 0 aromatic carbocycles. The highest BCUT2D eigenvalue weighted by molar-refractivity contribution is 5.92. The van der Waals surface area contributed by atoms with E-state index < -0.39 is 0 Å². The van der Waals surface area contributed by atoms with Gasteiger partial charge in [-0.3, -0.25) is 9.59 Å². The molecule has 1 unspecified atom stereocenters. The zero-order valence-corrected chi connectivity index (χ0v) is 8.69. The van der Waals surface area contributed by atoms with Gasteiger partial charge < -0.3 is 9.88 Å². The molecule has 4 heteroatoms. The fraction of sp³-hybridized carbons (Fsp3) is 0.455. The van der Waals surface area contributed by atoms with E-state index in [0.717, 1.165) is 19.5 Å². The van der Waals surface area contributed by atoms with Gasteiger partial charge in [-0.25, -0.2) is 0 Å². The van der Waals surface area contributed by atoms with Crippen LogP contribution in [0.15, 0.2) is 23.0 Å². The van der Waals surface area contributed by atoms with Gasteiger partial charge in [0.15, 0.2) is 0 Å². The van der Waals surface area contributed by atoms with Gasteiger partial charge in [0.05, 0.1) is 0 Å². The molecule has 15 heavy (non-hydrogen) atoms. The maximum absolute atomic E-state index is 11.9. The van der Waals surface area contributed by atoms with E-state index >= 15 is 0 Å². The lowest BCUT2D eigenvalue weighted by molar-refractivity contribution is 0.0782. The smallest absolute Gasteiger partial charge is 0.270 e. The van der Waals surface area contributed by atoms with E-state index in [1.165, 1.54) is 6.07 Å². The number of rotatable bonds is 1. The Bertz CT molecular complexity index is 425. The minimum absolute atomic E-state index is 0.0722. The number of nitrogens with one attached hydrogen (secondary N) is 1. The third-order valence-corrected chi connectivity index (χ3v) is 2.71. The normalized spacial score (nSPS) is 20.6. The van der Waals surface area contributed by atoms with Gasteiger partial charge >= 0.3 is 0 Å². The Balaban J connectivity index is 2.18. The van der Waals surface area contributed by atoms with Gasteiger partial charge in [0, 0.05) is 19.2 Å². The highest BCUT2D eigenvalue weighted by Gasteiger charge is 2.24. The largest absolute Gasteiger partial charge is 0.337 e. The lowest BCUT2D eigenvalue weighted by Gasteiger charge is -2.15. The second kappa shape index (κ2) is 3.88. The van der Waals surface area contributed by atoms with Gasteiger partial charge in [0.25, 0.3) is 5.91 Å². The van der Waals surface area contributed by atoms with Crippen LogP contribution in [0.3, 0.4) is 0 Å². The van der Waals surface area contributed by atoms with E-state index in [2.05, 4.69) is 11.9 Å². The second-order valence-electron chi connectivity index (χ2n) is 4.07. The van der Waals surface area contributed by atoms with Gasteiger partial charge in [0.1, 0.15) is 5.69 Å². The zero-order chi connectivity index (χ0) is 10.8. The molecule has 2 rings (SSSR count). The Kier molecular flexibility index (Phi) is 2.58. The van der Waals surface area contributed by atoms with Crippen molar-refractivity contribution in [3.8, 4) is 0 Å². The first kappa shape index (κ1) is 9.96. The molecule has 0 saturated carbocycles. The molecule has 1 atom stereocenters. The molecule has 1 aliphatic heterocycles. The molecule has 4 nitrogen and oxygen atoms in total. The maximum atomic E-state index is 11.9. The van der Waals surface area contributed by atoms with Crippen molar-refractivity contribution in [2.24, 2.45) is 5.92 Å². The molecule has 1 fully saturated rings. The third kappa shape index (κ3) is 2.09. The van der Waals surface area contributed by atoms with Crippen LogP contribution in [0.2, 0.25) is 0 Å². The standard InChI is InChI=1S/C11H14N2O2/c1-8-5-6-13(7-8)11(15)9-3-2-4-10(14)12-9/h2-4,8H,5-7H2,1H3,(H,12,14). The van der Waals surface area contributed by atoms with Gasteiger partial charge in [0.2, 0.25) is 5.56 Å². The average Bonchev–Trinajstić information content (AvgIpc) is 2.64. The van der Waals surface area contributed by atoms with Gasteiger partial charge in [-0.15, -0.1) is 0 Å². The fourth-order valence-electron chi connectivity index (χ4n) is 1.86. The zero-order valence-electron chi connectivity index (χ0n) is 8.69. The Labute approximate surface area is 87.9 Å². The van der Waals surface area contributed by atoms with Crippen LogP contribution in [0.5, 0.6) is 0 Å². The van der Waals surface area contributed by atoms with E-state index in [-0.39, 0.29) is 11.5 Å². The summed E-state index contributed by atoms with van der Waals surface area (Å²) in [6.45, 7) is 3.70. The predicted molar refractivity (Wildman–Crippen MR) is 56.7 cm³/mol. The number of likely N-dealkylation sites (tertiary alicyclic amines) is 1. The first-order valence-electron chi connectivity index (χ1n) is 5.15. The molecule has 1 aromatic heterocycles. The number of aromatic amines is 1. The minimum atomic E-state index is -0.229. The van der Waals surface area contributed by atoms with Gasteiger partial charge in [-0.05, 0) is 18.4 Å². The summed E-state index contributed by atoms with van der Waals surface area (Å²) in [6, 6.07) is 4.65. The van der Waals surface area contributed by atoms with Crippen LogP contribution in [0.1, 0.15) is 23.8 Å². The quantitative estimate of drug-likeness (QED) is 0.740. The van der Waals surface area contributed by atoms with Gasteiger partial charge in [-0.1, -0.05) is 13.0 Å². The maximum Gasteiger partial charge on any atom is 0.270 e. The molecule has 80 valence electrons. The lowest BCUT2D eigenvalue weighted by Crippen LogP contribution is -2.30. The Morgan fingerprint density at radius 1 is 1.53 bits per heavy atom. The summed E-state index contributed by atoms with van der Waals surface area (Å²) in [4.78, 5) is 27.3. The lowest BCUT2D eigenvalue weighted by atomic mass is 10.2. The molecule has 2 heterocycles. The van der Waals surface area contributed by atoms with Crippen molar-refractivity contribution in [1.29, 1.82) is 0 Å². The number of carbonyl (C=O) groups is 1. The number of hydrogen-bond acceptors (Lipinski definition) is 2. The van der Waals surface area contributed by atoms with Crippen molar-refractivity contribution in [1.82, 2.24) is 9.88 Å². The highest BCUT2D eigenvalue weighted by atomic mass is 16.2. The SMILES string of the molecule is CC1CCN(C(=O)c2cccc(=O)[nH]2)C1. The predicted octanol–water partition coefficient (Wildman–Crippen LogP) is 0.857. The number of aromatic nitrogens is 1. The van der Waals surface area contributed by atoms with E-state index in [4.69, 9.17) is 0 Å². The molecular formula is C11H14N2O2. The van der Waals surface area contributed by atoms with Crippen molar-refractivity contribution in [3.05, 3.63) is 34.2 Å². The van der Waals surface area contributed by atoms with E-state index in [9.17, 15) is 9.59 Å². The number of pyridine rings is 1. The Morgan fingerprint density at radius 2 is 2.33 bits per heavy atom. The Hall–Kier alpha value is -1.58. The fourth-order valence-corrected chi connectivity index (χ4v) is 1.86. The second-order valence-corrected chi connectivity index (χ2v) is 4.07. The minimum Gasteiger partial charge on any atom is -0.337 e. The van der Waals surface area contributed by atoms with E-state index in [1.807, 2.05) is 0 Å². The van der Waals surface area contributed by atoms with Crippen LogP contribution < -0.4 is 5.56 Å². The molecule has 0 aliphatic carbocycles. The number of H-pyrrole nitrogens is 1. The van der Waals surface area contributed by atoms with Crippen molar-refractivity contribution >= 4 is 5.91 Å². The van der Waals surface area contributed by atoms with Crippen LogP contribution in [0.4, 0.5) is 0 Å². The monoisotopic (exact) mass is 206 g/mol. The first-order valence-corrected chi connectivity index (χ1v) is 5.15. The summed E-state index contributed by atoms with van der Waals surface area (Å²) >= 11 is 0. The van der Waals surface area contributed by atoms with Crippen LogP contribution in [-0.4, -0.2) is 28.9 Å². The summed E-state index contributed by atoms with van der Waals surface area (Å²) in [5, 5.41) is 0. The summed E-state index contributed by atoms with van der Waals surface area (Å²) in [6.07, 6.45) is 1.04. The highest BCUT2D eigenvalue weighted by Crippen LogP contribution is 2.16. The summed E-state index contributed by atoms with van der Waals surface area (Å²) in [5.41, 5.74) is 0.157. The van der Waals surface area contributed by atoms with Crippen LogP contribution in [0, 0.1) is 5.92 Å². The summed E-state index contributed by atoms with van der Waals surface area (Å²) < 4.78 is 0. The van der Waals surface area contributed by atoms with Crippen LogP contribution >= 0.6 is 0 Å². The van der Waals surface area contributed by atoms with Crippen molar-refractivity contribution < 1.29 is 4.79 Å². The van der Waals surface area contributed by atoms with Crippen molar-refractivity contribution in [2.45, 2.75) is 13.3 Å². The molecule has 0 spiro atoms. The Morgan fingerprint density at radius 3 is 2.93 bits per heavy atom. The van der Waals surface area contributed by atoms with Crippen LogP contribution in [-0.2, 0) is 0 Å². The van der Waals surface area contributed by atoms with E-state index in [0.29, 0.717) is 11.6 Å². The molecule has 0 radical (unpaired) electrons. The molecule has 0 bridgehead atoms. The topological polar surface area (TPSA) is 53.2 Å². The molecule has 1 N–H and O–H groups in total. The van der Waals surface area contributed by atoms with E-state index in [1.54, 1.807) is 17.0 Å². The number of carbonyl (C=O) groups excluding carboxylic acids is 1. The molecule has 1 aromatic rings. The summed E-state index contributed by atoms with van der Waals surface area (Å²) in [5.74, 6) is 0.487. The summed E-state index contributed by atoms with van der Waals surface area (Å²) in [7, 11) is 0. The third-order valence-electron chi connectivity index (χ3n) is 2.71. The molecule has 1 aliphatic rings. The molecule has 1 amide bonds. The average molecular weight is 206 g/mol. The van der Waals surface area contributed by atoms with Crippen molar-refractivity contribution in [2.75, 3.05) is 13.1 Å². The number of nitrogens with zero attached hydrogens (tertiary/aromatic N) is 1.